The van der Waals surface area contributed by atoms with E-state index in [0.29, 0.717) is 0 Å². The van der Waals surface area contributed by atoms with E-state index in [1.165, 1.54) is 11.5 Å². The fraction of sp³-hybridized carbons (Fsp3) is 0.222. The van der Waals surface area contributed by atoms with Crippen molar-refractivity contribution < 1.29 is 5.11 Å². The summed E-state index contributed by atoms with van der Waals surface area (Å²) in [6, 6.07) is 5.88. The van der Waals surface area contributed by atoms with Gasteiger partial charge in [-0.1, -0.05) is 18.2 Å². The van der Waals surface area contributed by atoms with Crippen LogP contribution < -0.4 is 0 Å². The van der Waals surface area contributed by atoms with Gasteiger partial charge < -0.3 is 5.11 Å². The van der Waals surface area contributed by atoms with Crippen LogP contribution in [-0.4, -0.2) is 9.48 Å². The van der Waals surface area contributed by atoms with Gasteiger partial charge in [-0.05, 0) is 24.0 Å². The molecule has 1 aromatic heterocycles. The smallest absolute Gasteiger partial charge is 0.0776 e. The van der Waals surface area contributed by atoms with Crippen LogP contribution in [0.15, 0.2) is 24.4 Å². The predicted octanol–water partition coefficient (Wildman–Crippen LogP) is 2.35. The standard InChI is InChI=1S/C9H9NOS/c1-6(11)8-4-2-3-7-5-10-12-9(7)8/h2-6,11H,1H3. The van der Waals surface area contributed by atoms with Crippen molar-refractivity contribution in [2.45, 2.75) is 13.0 Å². The molecule has 1 aromatic carbocycles. The van der Waals surface area contributed by atoms with E-state index in [4.69, 9.17) is 0 Å². The van der Waals surface area contributed by atoms with Gasteiger partial charge in [-0.3, -0.25) is 0 Å². The Morgan fingerprint density at radius 1 is 1.50 bits per heavy atom. The second kappa shape index (κ2) is 2.84. The molecule has 0 amide bonds. The van der Waals surface area contributed by atoms with E-state index < -0.39 is 6.10 Å². The summed E-state index contributed by atoms with van der Waals surface area (Å²) in [6.07, 6.45) is 1.42. The molecule has 62 valence electrons. The summed E-state index contributed by atoms with van der Waals surface area (Å²) in [6.45, 7) is 1.77. The van der Waals surface area contributed by atoms with Gasteiger partial charge >= 0.3 is 0 Å². The lowest BCUT2D eigenvalue weighted by atomic mass is 10.1. The van der Waals surface area contributed by atoms with Crippen molar-refractivity contribution in [2.75, 3.05) is 0 Å². The highest BCUT2D eigenvalue weighted by Crippen LogP contribution is 2.26. The summed E-state index contributed by atoms with van der Waals surface area (Å²) in [4.78, 5) is 0. The Morgan fingerprint density at radius 3 is 3.08 bits per heavy atom. The third-order valence-electron chi connectivity index (χ3n) is 1.86. The van der Waals surface area contributed by atoms with Gasteiger partial charge in [0, 0.05) is 11.6 Å². The molecule has 3 heteroatoms. The Balaban J connectivity index is 2.73. The second-order valence-corrected chi connectivity index (χ2v) is 3.57. The van der Waals surface area contributed by atoms with Gasteiger partial charge in [-0.25, -0.2) is 0 Å². The van der Waals surface area contributed by atoms with Crippen LogP contribution in [0.3, 0.4) is 0 Å². The van der Waals surface area contributed by atoms with Crippen molar-refractivity contribution in [3.8, 4) is 0 Å². The van der Waals surface area contributed by atoms with Crippen LogP contribution in [0.2, 0.25) is 0 Å². The number of benzene rings is 1. The maximum atomic E-state index is 9.42. The molecule has 2 nitrogen and oxygen atoms in total. The first-order valence-electron chi connectivity index (χ1n) is 3.80. The zero-order valence-corrected chi connectivity index (χ0v) is 7.51. The Hall–Kier alpha value is -0.930. The lowest BCUT2D eigenvalue weighted by molar-refractivity contribution is 0.201. The fourth-order valence-corrected chi connectivity index (χ4v) is 2.09. The van der Waals surface area contributed by atoms with E-state index >= 15 is 0 Å². The fourth-order valence-electron chi connectivity index (χ4n) is 1.25. The number of fused-ring (bicyclic) bond motifs is 1. The van der Waals surface area contributed by atoms with Crippen LogP contribution in [-0.2, 0) is 0 Å². The van der Waals surface area contributed by atoms with Gasteiger partial charge in [0.05, 0.1) is 10.8 Å². The van der Waals surface area contributed by atoms with E-state index in [9.17, 15) is 5.11 Å². The molecule has 0 aliphatic heterocycles. The first-order chi connectivity index (χ1) is 5.79. The van der Waals surface area contributed by atoms with E-state index in [1.54, 1.807) is 6.92 Å². The van der Waals surface area contributed by atoms with E-state index in [2.05, 4.69) is 4.37 Å². The van der Waals surface area contributed by atoms with Gasteiger partial charge in [0.2, 0.25) is 0 Å². The monoisotopic (exact) mass is 179 g/mol. The first kappa shape index (κ1) is 7.71. The maximum Gasteiger partial charge on any atom is 0.0776 e. The highest BCUT2D eigenvalue weighted by Gasteiger charge is 2.06. The number of aliphatic hydroxyl groups excluding tert-OH is 1. The van der Waals surface area contributed by atoms with Gasteiger partial charge in [0.15, 0.2) is 0 Å². The molecule has 0 fully saturated rings. The molecule has 0 radical (unpaired) electrons. The first-order valence-corrected chi connectivity index (χ1v) is 4.58. The highest BCUT2D eigenvalue weighted by atomic mass is 32.1. The van der Waals surface area contributed by atoms with Crippen molar-refractivity contribution in [1.82, 2.24) is 4.37 Å². The molecule has 0 aliphatic carbocycles. The molecule has 0 saturated carbocycles. The van der Waals surface area contributed by atoms with Crippen LogP contribution in [0.5, 0.6) is 0 Å². The van der Waals surface area contributed by atoms with E-state index in [1.807, 2.05) is 24.4 Å². The van der Waals surface area contributed by atoms with E-state index in [-0.39, 0.29) is 0 Å². The quantitative estimate of drug-likeness (QED) is 0.729. The van der Waals surface area contributed by atoms with Crippen LogP contribution >= 0.6 is 11.5 Å². The third kappa shape index (κ3) is 1.11. The molecule has 2 aromatic rings. The van der Waals surface area contributed by atoms with Gasteiger partial charge in [0.1, 0.15) is 0 Å². The van der Waals surface area contributed by atoms with Crippen molar-refractivity contribution in [2.24, 2.45) is 0 Å². The lowest BCUT2D eigenvalue weighted by Crippen LogP contribution is -1.89. The molecular weight excluding hydrogens is 170 g/mol. The average molecular weight is 179 g/mol. The van der Waals surface area contributed by atoms with Gasteiger partial charge in [-0.2, -0.15) is 4.37 Å². The minimum absolute atomic E-state index is 0.408. The minimum atomic E-state index is -0.408. The Morgan fingerprint density at radius 2 is 2.33 bits per heavy atom. The molecule has 1 unspecified atom stereocenters. The summed E-state index contributed by atoms with van der Waals surface area (Å²) in [5.41, 5.74) is 0.968. The Bertz CT molecular complexity index is 394. The molecule has 1 atom stereocenters. The van der Waals surface area contributed by atoms with Crippen LogP contribution in [0.25, 0.3) is 10.1 Å². The van der Waals surface area contributed by atoms with Crippen molar-refractivity contribution in [3.63, 3.8) is 0 Å². The van der Waals surface area contributed by atoms with Crippen molar-refractivity contribution in [3.05, 3.63) is 30.0 Å². The number of aliphatic hydroxyl groups is 1. The Labute approximate surface area is 74.6 Å². The number of nitrogens with zero attached hydrogens (tertiary/aromatic N) is 1. The van der Waals surface area contributed by atoms with Gasteiger partial charge in [0.25, 0.3) is 0 Å². The summed E-state index contributed by atoms with van der Waals surface area (Å²) < 4.78 is 5.17. The topological polar surface area (TPSA) is 33.1 Å². The summed E-state index contributed by atoms with van der Waals surface area (Å²) in [7, 11) is 0. The minimum Gasteiger partial charge on any atom is -0.389 e. The summed E-state index contributed by atoms with van der Waals surface area (Å²) >= 11 is 1.43. The third-order valence-corrected chi connectivity index (χ3v) is 2.73. The van der Waals surface area contributed by atoms with Gasteiger partial charge in [-0.15, -0.1) is 0 Å². The van der Waals surface area contributed by atoms with E-state index in [0.717, 1.165) is 15.6 Å². The maximum absolute atomic E-state index is 9.42. The molecular formula is C9H9NOS. The normalized spacial score (nSPS) is 13.5. The molecule has 2 rings (SSSR count). The highest BCUT2D eigenvalue weighted by molar-refractivity contribution is 7.13. The number of hydrogen-bond acceptors (Lipinski definition) is 3. The Kier molecular flexibility index (Phi) is 1.83. The molecule has 0 spiro atoms. The molecule has 0 bridgehead atoms. The summed E-state index contributed by atoms with van der Waals surface area (Å²) in [5, 5.41) is 10.5. The van der Waals surface area contributed by atoms with Crippen molar-refractivity contribution in [1.29, 1.82) is 0 Å². The van der Waals surface area contributed by atoms with Crippen LogP contribution in [0.4, 0.5) is 0 Å². The van der Waals surface area contributed by atoms with Crippen LogP contribution in [0.1, 0.15) is 18.6 Å². The number of rotatable bonds is 1. The molecule has 1 N–H and O–H groups in total. The SMILES string of the molecule is CC(O)c1cccc2cnsc12. The van der Waals surface area contributed by atoms with Crippen molar-refractivity contribution >= 4 is 21.6 Å². The zero-order valence-electron chi connectivity index (χ0n) is 6.69. The zero-order chi connectivity index (χ0) is 8.55. The molecule has 12 heavy (non-hydrogen) atoms. The number of hydrogen-bond donors (Lipinski definition) is 1. The average Bonchev–Trinajstić information content (AvgIpc) is 2.49. The summed E-state index contributed by atoms with van der Waals surface area (Å²) in [5.74, 6) is 0. The number of aromatic nitrogens is 1. The lowest BCUT2D eigenvalue weighted by Gasteiger charge is -2.03. The molecule has 1 heterocycles. The van der Waals surface area contributed by atoms with Crippen LogP contribution in [0, 0.1) is 0 Å². The second-order valence-electron chi connectivity index (χ2n) is 2.77. The molecule has 0 aliphatic rings. The predicted molar refractivity (Wildman–Crippen MR) is 50.3 cm³/mol. The molecule has 0 saturated heterocycles. The largest absolute Gasteiger partial charge is 0.389 e.